The first-order valence-corrected chi connectivity index (χ1v) is 6.08. The van der Waals surface area contributed by atoms with Gasteiger partial charge in [0, 0.05) is 12.5 Å². The van der Waals surface area contributed by atoms with Crippen LogP contribution in [0.15, 0.2) is 36.4 Å². The van der Waals surface area contributed by atoms with Gasteiger partial charge in [0.05, 0.1) is 5.56 Å². The minimum atomic E-state index is -0.186. The molecule has 2 N–H and O–H groups in total. The van der Waals surface area contributed by atoms with E-state index in [0.717, 1.165) is 11.1 Å². The molecule has 0 aliphatic carbocycles. The number of Topliss-reactive ketones (excluding diaryl/α,β-unsaturated/α-hetero) is 1. The molecule has 2 rings (SSSR count). The molecule has 3 nitrogen and oxygen atoms in total. The van der Waals surface area contributed by atoms with Gasteiger partial charge < -0.3 is 10.2 Å². The highest BCUT2D eigenvalue weighted by molar-refractivity contribution is 6.00. The van der Waals surface area contributed by atoms with Crippen molar-refractivity contribution < 1.29 is 15.0 Å². The summed E-state index contributed by atoms with van der Waals surface area (Å²) in [7, 11) is 0. The van der Waals surface area contributed by atoms with Crippen LogP contribution in [0.1, 0.15) is 27.0 Å². The van der Waals surface area contributed by atoms with Crippen LogP contribution in [-0.2, 0) is 6.42 Å². The van der Waals surface area contributed by atoms with Crippen molar-refractivity contribution in [2.45, 2.75) is 20.3 Å². The summed E-state index contributed by atoms with van der Waals surface area (Å²) in [5.74, 6) is -0.408. The number of aryl methyl sites for hydroxylation is 2. The number of hydrogen-bond donors (Lipinski definition) is 2. The second kappa shape index (κ2) is 5.14. The van der Waals surface area contributed by atoms with E-state index in [1.807, 2.05) is 32.0 Å². The maximum Gasteiger partial charge on any atom is 0.170 e. The molecule has 0 aliphatic heterocycles. The van der Waals surface area contributed by atoms with E-state index in [2.05, 4.69) is 0 Å². The molecule has 0 unspecified atom stereocenters. The largest absolute Gasteiger partial charge is 0.508 e. The second-order valence-corrected chi connectivity index (χ2v) is 4.72. The van der Waals surface area contributed by atoms with Crippen LogP contribution in [0.25, 0.3) is 0 Å². The third-order valence-electron chi connectivity index (χ3n) is 3.22. The maximum absolute atomic E-state index is 12.1. The molecule has 0 fully saturated rings. The van der Waals surface area contributed by atoms with Gasteiger partial charge in [-0.3, -0.25) is 4.79 Å². The van der Waals surface area contributed by atoms with Gasteiger partial charge in [0.1, 0.15) is 11.5 Å². The van der Waals surface area contributed by atoms with Gasteiger partial charge in [-0.15, -0.1) is 0 Å². The monoisotopic (exact) mass is 256 g/mol. The molecule has 0 saturated carbocycles. The second-order valence-electron chi connectivity index (χ2n) is 4.72. The first-order chi connectivity index (χ1) is 8.97. The van der Waals surface area contributed by atoms with E-state index in [9.17, 15) is 15.0 Å². The highest BCUT2D eigenvalue weighted by atomic mass is 16.3. The van der Waals surface area contributed by atoms with Crippen LogP contribution in [0.3, 0.4) is 0 Å². The molecule has 0 bridgehead atoms. The third-order valence-corrected chi connectivity index (χ3v) is 3.22. The number of phenolic OH excluding ortho intramolecular Hbond substituents is 2. The van der Waals surface area contributed by atoms with Crippen LogP contribution in [0, 0.1) is 13.8 Å². The fourth-order valence-corrected chi connectivity index (χ4v) is 1.95. The number of carbonyl (C=O) groups is 1. The predicted octanol–water partition coefficient (Wildman–Crippen LogP) is 3.14. The Hall–Kier alpha value is -2.29. The van der Waals surface area contributed by atoms with Gasteiger partial charge in [-0.2, -0.15) is 0 Å². The SMILES string of the molecule is Cc1ccc(CC(=O)c2ccc(O)cc2O)cc1C. The fraction of sp³-hybridized carbons (Fsp3) is 0.188. The molecular weight excluding hydrogens is 240 g/mol. The van der Waals surface area contributed by atoms with Gasteiger partial charge in [-0.05, 0) is 42.7 Å². The van der Waals surface area contributed by atoms with Crippen molar-refractivity contribution in [1.29, 1.82) is 0 Å². The number of phenols is 2. The van der Waals surface area contributed by atoms with Crippen molar-refractivity contribution >= 4 is 5.78 Å². The zero-order valence-corrected chi connectivity index (χ0v) is 11.0. The van der Waals surface area contributed by atoms with Gasteiger partial charge >= 0.3 is 0 Å². The van der Waals surface area contributed by atoms with Crippen LogP contribution in [0.4, 0.5) is 0 Å². The Morgan fingerprint density at radius 2 is 1.74 bits per heavy atom. The minimum absolute atomic E-state index is 0.0553. The van der Waals surface area contributed by atoms with Crippen molar-refractivity contribution in [3.05, 3.63) is 58.7 Å². The Balaban J connectivity index is 2.23. The molecule has 2 aromatic rings. The minimum Gasteiger partial charge on any atom is -0.508 e. The van der Waals surface area contributed by atoms with E-state index in [4.69, 9.17) is 0 Å². The molecule has 2 aromatic carbocycles. The molecule has 0 aromatic heterocycles. The van der Waals surface area contributed by atoms with E-state index in [-0.39, 0.29) is 29.3 Å². The quantitative estimate of drug-likeness (QED) is 0.829. The van der Waals surface area contributed by atoms with Crippen molar-refractivity contribution in [2.75, 3.05) is 0 Å². The summed E-state index contributed by atoms with van der Waals surface area (Å²) >= 11 is 0. The molecule has 98 valence electrons. The van der Waals surface area contributed by atoms with Crippen molar-refractivity contribution in [3.63, 3.8) is 0 Å². The molecule has 19 heavy (non-hydrogen) atoms. The summed E-state index contributed by atoms with van der Waals surface area (Å²) in [6, 6.07) is 9.88. The predicted molar refractivity (Wildman–Crippen MR) is 73.7 cm³/mol. The molecule has 3 heteroatoms. The lowest BCUT2D eigenvalue weighted by atomic mass is 9.99. The molecule has 0 saturated heterocycles. The number of aromatic hydroxyl groups is 2. The van der Waals surface area contributed by atoms with Crippen LogP contribution in [0.2, 0.25) is 0 Å². The van der Waals surface area contributed by atoms with E-state index >= 15 is 0 Å². The first-order valence-electron chi connectivity index (χ1n) is 6.08. The number of carbonyl (C=O) groups excluding carboxylic acids is 1. The molecule has 0 radical (unpaired) electrons. The number of hydrogen-bond acceptors (Lipinski definition) is 3. The molecule has 0 spiro atoms. The van der Waals surface area contributed by atoms with Crippen molar-refractivity contribution in [1.82, 2.24) is 0 Å². The van der Waals surface area contributed by atoms with Gasteiger partial charge in [-0.25, -0.2) is 0 Å². The maximum atomic E-state index is 12.1. The van der Waals surface area contributed by atoms with E-state index < -0.39 is 0 Å². The Bertz CT molecular complexity index is 630. The zero-order chi connectivity index (χ0) is 14.0. The lowest BCUT2D eigenvalue weighted by molar-refractivity contribution is 0.0990. The summed E-state index contributed by atoms with van der Waals surface area (Å²) in [6.07, 6.45) is 0.236. The average molecular weight is 256 g/mol. The standard InChI is InChI=1S/C16H16O3/c1-10-3-4-12(7-11(10)2)8-15(18)14-6-5-13(17)9-16(14)19/h3-7,9,17,19H,8H2,1-2H3. The summed E-state index contributed by atoms with van der Waals surface area (Å²) in [6.45, 7) is 4.02. The highest BCUT2D eigenvalue weighted by Gasteiger charge is 2.12. The van der Waals surface area contributed by atoms with Gasteiger partial charge in [0.25, 0.3) is 0 Å². The Kier molecular flexibility index (Phi) is 3.56. The smallest absolute Gasteiger partial charge is 0.170 e. The van der Waals surface area contributed by atoms with Crippen LogP contribution in [0.5, 0.6) is 11.5 Å². The Labute approximate surface area is 112 Å². The third kappa shape index (κ3) is 2.94. The summed E-state index contributed by atoms with van der Waals surface area (Å²) in [5, 5.41) is 18.9. The molecule has 0 atom stereocenters. The van der Waals surface area contributed by atoms with Crippen LogP contribution in [-0.4, -0.2) is 16.0 Å². The molecule has 0 heterocycles. The van der Waals surface area contributed by atoms with E-state index in [0.29, 0.717) is 0 Å². The van der Waals surface area contributed by atoms with E-state index in [1.54, 1.807) is 0 Å². The van der Waals surface area contributed by atoms with Gasteiger partial charge in [0.15, 0.2) is 5.78 Å². The van der Waals surface area contributed by atoms with Crippen LogP contribution < -0.4 is 0 Å². The zero-order valence-electron chi connectivity index (χ0n) is 11.0. The topological polar surface area (TPSA) is 57.5 Å². The number of ketones is 1. The fourth-order valence-electron chi connectivity index (χ4n) is 1.95. The average Bonchev–Trinajstić information content (AvgIpc) is 2.33. The lowest BCUT2D eigenvalue weighted by Crippen LogP contribution is -2.04. The number of rotatable bonds is 3. The lowest BCUT2D eigenvalue weighted by Gasteiger charge is -2.06. The molecule has 0 amide bonds. The number of benzene rings is 2. The van der Waals surface area contributed by atoms with Gasteiger partial charge in [0.2, 0.25) is 0 Å². The normalized spacial score (nSPS) is 10.4. The Morgan fingerprint density at radius 1 is 1.00 bits per heavy atom. The summed E-state index contributed by atoms with van der Waals surface area (Å²) < 4.78 is 0. The highest BCUT2D eigenvalue weighted by Crippen LogP contribution is 2.24. The summed E-state index contributed by atoms with van der Waals surface area (Å²) in [5.41, 5.74) is 3.47. The van der Waals surface area contributed by atoms with Crippen molar-refractivity contribution in [2.24, 2.45) is 0 Å². The van der Waals surface area contributed by atoms with Crippen LogP contribution >= 0.6 is 0 Å². The molecule has 0 aliphatic rings. The Morgan fingerprint density at radius 3 is 2.37 bits per heavy atom. The van der Waals surface area contributed by atoms with E-state index in [1.165, 1.54) is 23.8 Å². The van der Waals surface area contributed by atoms with Gasteiger partial charge in [-0.1, -0.05) is 18.2 Å². The van der Waals surface area contributed by atoms with Crippen molar-refractivity contribution in [3.8, 4) is 11.5 Å². The summed E-state index contributed by atoms with van der Waals surface area (Å²) in [4.78, 5) is 12.1. The first kappa shape index (κ1) is 13.1. The molecular formula is C16H16O3.